The Balaban J connectivity index is 1.13. The van der Waals surface area contributed by atoms with E-state index in [1.54, 1.807) is 0 Å². The predicted octanol–water partition coefficient (Wildman–Crippen LogP) is -0.355. The van der Waals surface area contributed by atoms with Gasteiger partial charge in [-0.3, -0.25) is 0 Å². The first kappa shape index (κ1) is 33.0. The Kier molecular flexibility index (Phi) is 8.09. The zero-order valence-electron chi connectivity index (χ0n) is 26.8. The maximum Gasteiger partial charge on any atom is 0.187 e. The van der Waals surface area contributed by atoms with Gasteiger partial charge in [0, 0.05) is 30.1 Å². The zero-order chi connectivity index (χ0) is 32.4. The van der Waals surface area contributed by atoms with Crippen molar-refractivity contribution in [1.82, 2.24) is 0 Å². The summed E-state index contributed by atoms with van der Waals surface area (Å²) in [6.07, 6.45) is -7.40. The van der Waals surface area contributed by atoms with Crippen LogP contribution < -0.4 is 0 Å². The molecule has 1 spiro atoms. The molecule has 7 rings (SSSR count). The van der Waals surface area contributed by atoms with E-state index < -0.39 is 78.5 Å². The molecule has 0 aromatic rings. The Morgan fingerprint density at radius 3 is 2.29 bits per heavy atom. The van der Waals surface area contributed by atoms with E-state index in [-0.39, 0.29) is 59.9 Å². The van der Waals surface area contributed by atoms with E-state index in [9.17, 15) is 40.9 Å². The van der Waals surface area contributed by atoms with Crippen LogP contribution in [0.2, 0.25) is 0 Å². The second kappa shape index (κ2) is 11.0. The molecule has 0 radical (unpaired) electrons. The van der Waals surface area contributed by atoms with Crippen LogP contribution >= 0.6 is 0 Å². The minimum absolute atomic E-state index is 0.0180. The molecule has 3 aliphatic heterocycles. The third kappa shape index (κ3) is 4.54. The van der Waals surface area contributed by atoms with Gasteiger partial charge in [-0.15, -0.1) is 0 Å². The van der Waals surface area contributed by atoms with E-state index in [4.69, 9.17) is 18.9 Å². The SMILES string of the molecule is C[C@H]1CO[C@]2(C[C@@H]1O)O[C@H]1C[C@H]3[C@@H]4C[C@@H](O)[C@@]5(O)C[C@@H](O)[C@H](O[C@@H]6O[C@H](CO)[C@@H](O)[C@H](O)[C@H]6O)C[C@]5(C)[C@H]4CC[C@]3(C)[C@H]1[C@@H]2C. The second-order valence-corrected chi connectivity index (χ2v) is 16.4. The van der Waals surface area contributed by atoms with E-state index in [0.29, 0.717) is 19.4 Å². The summed E-state index contributed by atoms with van der Waals surface area (Å²) in [6.45, 7) is 8.40. The number of hydrogen-bond acceptors (Lipinski definition) is 12. The van der Waals surface area contributed by atoms with Gasteiger partial charge in [0.2, 0.25) is 0 Å². The fraction of sp³-hybridized carbons (Fsp3) is 1.00. The van der Waals surface area contributed by atoms with E-state index in [0.717, 1.165) is 19.3 Å². The van der Waals surface area contributed by atoms with Crippen molar-refractivity contribution in [2.45, 2.75) is 145 Å². The summed E-state index contributed by atoms with van der Waals surface area (Å²) in [5.41, 5.74) is -2.47. The molecule has 3 heterocycles. The maximum absolute atomic E-state index is 12.2. The predicted molar refractivity (Wildman–Crippen MR) is 156 cm³/mol. The first-order valence-corrected chi connectivity index (χ1v) is 17.1. The van der Waals surface area contributed by atoms with Gasteiger partial charge in [-0.25, -0.2) is 0 Å². The molecule has 0 aromatic heterocycles. The molecule has 8 N–H and O–H groups in total. The maximum atomic E-state index is 12.2. The number of hydrogen-bond donors (Lipinski definition) is 8. The quantitative estimate of drug-likeness (QED) is 0.187. The third-order valence-electron chi connectivity index (χ3n) is 14.4. The molecule has 20 atom stereocenters. The van der Waals surface area contributed by atoms with Gasteiger partial charge in [0.1, 0.15) is 24.4 Å². The van der Waals surface area contributed by atoms with Crippen LogP contribution in [0.15, 0.2) is 0 Å². The van der Waals surface area contributed by atoms with Crippen LogP contribution in [0.25, 0.3) is 0 Å². The summed E-state index contributed by atoms with van der Waals surface area (Å²) in [4.78, 5) is 0. The molecule has 0 unspecified atom stereocenters. The lowest BCUT2D eigenvalue weighted by atomic mass is 9.42. The molecule has 7 aliphatic rings. The molecule has 0 aromatic carbocycles. The summed E-state index contributed by atoms with van der Waals surface area (Å²) < 4.78 is 24.8. The van der Waals surface area contributed by atoms with Crippen LogP contribution in [0, 0.1) is 46.3 Å². The van der Waals surface area contributed by atoms with Crippen LogP contribution in [0.4, 0.5) is 0 Å². The average molecular weight is 643 g/mol. The number of fused-ring (bicyclic) bond motifs is 7. The molecule has 7 fully saturated rings. The first-order valence-electron chi connectivity index (χ1n) is 17.1. The first-order chi connectivity index (χ1) is 21.1. The third-order valence-corrected chi connectivity index (χ3v) is 14.4. The molecule has 4 saturated carbocycles. The summed E-state index contributed by atoms with van der Waals surface area (Å²) in [6, 6.07) is 0. The van der Waals surface area contributed by atoms with Gasteiger partial charge >= 0.3 is 0 Å². The Bertz CT molecular complexity index is 1130. The van der Waals surface area contributed by atoms with Gasteiger partial charge in [-0.1, -0.05) is 27.7 Å². The molecule has 12 nitrogen and oxygen atoms in total. The zero-order valence-corrected chi connectivity index (χ0v) is 26.8. The van der Waals surface area contributed by atoms with Crippen molar-refractivity contribution >= 4 is 0 Å². The van der Waals surface area contributed by atoms with Crippen molar-refractivity contribution < 1.29 is 59.8 Å². The van der Waals surface area contributed by atoms with Gasteiger partial charge in [0.25, 0.3) is 0 Å². The van der Waals surface area contributed by atoms with E-state index in [2.05, 4.69) is 13.8 Å². The molecule has 0 bridgehead atoms. The molecule has 45 heavy (non-hydrogen) atoms. The van der Waals surface area contributed by atoms with Crippen molar-refractivity contribution in [3.05, 3.63) is 0 Å². The Morgan fingerprint density at radius 2 is 1.60 bits per heavy atom. The lowest BCUT2D eigenvalue weighted by Gasteiger charge is -2.66. The van der Waals surface area contributed by atoms with Crippen LogP contribution in [0.3, 0.4) is 0 Å². The minimum Gasteiger partial charge on any atom is -0.394 e. The lowest BCUT2D eigenvalue weighted by Crippen LogP contribution is -2.71. The summed E-state index contributed by atoms with van der Waals surface area (Å²) in [5.74, 6) is -0.0125. The van der Waals surface area contributed by atoms with Crippen molar-refractivity contribution in [2.24, 2.45) is 46.3 Å². The van der Waals surface area contributed by atoms with Crippen LogP contribution in [0.1, 0.15) is 72.6 Å². The van der Waals surface area contributed by atoms with Crippen molar-refractivity contribution in [2.75, 3.05) is 13.2 Å². The number of aliphatic hydroxyl groups is 8. The molecular formula is C33H54O12. The van der Waals surface area contributed by atoms with Crippen LogP contribution in [-0.2, 0) is 18.9 Å². The van der Waals surface area contributed by atoms with Gasteiger partial charge in [-0.05, 0) is 61.2 Å². The highest BCUT2D eigenvalue weighted by atomic mass is 16.7. The number of aliphatic hydroxyl groups excluding tert-OH is 7. The molecule has 12 heteroatoms. The fourth-order valence-corrected chi connectivity index (χ4v) is 11.8. The van der Waals surface area contributed by atoms with Gasteiger partial charge in [0.15, 0.2) is 12.1 Å². The van der Waals surface area contributed by atoms with Gasteiger partial charge < -0.3 is 59.8 Å². The fourth-order valence-electron chi connectivity index (χ4n) is 11.8. The van der Waals surface area contributed by atoms with Crippen molar-refractivity contribution in [3.8, 4) is 0 Å². The summed E-state index contributed by atoms with van der Waals surface area (Å²) >= 11 is 0. The normalized spacial score (nSPS) is 62.7. The highest BCUT2D eigenvalue weighted by molar-refractivity contribution is 5.20. The summed E-state index contributed by atoms with van der Waals surface area (Å²) in [5, 5.41) is 86.5. The van der Waals surface area contributed by atoms with Gasteiger partial charge in [0.05, 0.1) is 49.3 Å². The highest BCUT2D eigenvalue weighted by Crippen LogP contribution is 2.72. The second-order valence-electron chi connectivity index (χ2n) is 16.4. The molecule has 258 valence electrons. The number of rotatable bonds is 3. The Morgan fingerprint density at radius 1 is 0.867 bits per heavy atom. The van der Waals surface area contributed by atoms with Crippen LogP contribution in [-0.4, -0.2) is 127 Å². The van der Waals surface area contributed by atoms with E-state index >= 15 is 0 Å². The largest absolute Gasteiger partial charge is 0.394 e. The lowest BCUT2D eigenvalue weighted by molar-refractivity contribution is -0.339. The molecule has 4 aliphatic carbocycles. The topological polar surface area (TPSA) is 199 Å². The average Bonchev–Trinajstić information content (AvgIpc) is 3.43. The van der Waals surface area contributed by atoms with Gasteiger partial charge in [-0.2, -0.15) is 0 Å². The Hall–Kier alpha value is -0.480. The smallest absolute Gasteiger partial charge is 0.187 e. The summed E-state index contributed by atoms with van der Waals surface area (Å²) in [7, 11) is 0. The number of ether oxygens (including phenoxy) is 4. The standard InChI is InChI=1S/C33H54O12/c1-14-13-42-33(10-19(14)35)15(2)25-21(45-33)8-18-16-7-24(37)32(41)9-20(36)22(11-31(32,4)17(16)5-6-30(18,25)3)43-29-28(40)27(39)26(38)23(12-34)44-29/h14-29,34-41H,5-13H2,1-4H3/t14-,15-,16+,17-,18-,19-,20+,21-,22+,23+,24+,25-,26+,27-,28+,29+,30-,31+,32-,33+/m0/s1. The monoisotopic (exact) mass is 642 g/mol. The molecule has 0 amide bonds. The molecule has 3 saturated heterocycles. The van der Waals surface area contributed by atoms with Crippen molar-refractivity contribution in [3.63, 3.8) is 0 Å². The molecular weight excluding hydrogens is 588 g/mol. The minimum atomic E-state index is -1.61. The van der Waals surface area contributed by atoms with Crippen molar-refractivity contribution in [1.29, 1.82) is 0 Å². The van der Waals surface area contributed by atoms with Crippen LogP contribution in [0.5, 0.6) is 0 Å². The Labute approximate surface area is 264 Å². The van der Waals surface area contributed by atoms with E-state index in [1.165, 1.54) is 0 Å². The highest BCUT2D eigenvalue weighted by Gasteiger charge is 2.73. The van der Waals surface area contributed by atoms with E-state index in [1.807, 2.05) is 13.8 Å².